The Morgan fingerprint density at radius 1 is 1.24 bits per heavy atom. The fraction of sp³-hybridized carbons (Fsp3) is 0.632. The molecule has 2 aliphatic rings. The van der Waals surface area contributed by atoms with E-state index in [-0.39, 0.29) is 0 Å². The van der Waals surface area contributed by atoms with E-state index in [9.17, 15) is 0 Å². The molecule has 0 amide bonds. The first kappa shape index (κ1) is 17.9. The number of likely N-dealkylation sites (tertiary alicyclic amines) is 1. The first-order valence-corrected chi connectivity index (χ1v) is 9.43. The van der Waals surface area contributed by atoms with Crippen LogP contribution in [0.1, 0.15) is 39.0 Å². The van der Waals surface area contributed by atoms with Crippen LogP contribution in [0.25, 0.3) is 0 Å². The molecule has 2 aliphatic heterocycles. The van der Waals surface area contributed by atoms with Gasteiger partial charge in [-0.25, -0.2) is 0 Å². The van der Waals surface area contributed by atoms with Gasteiger partial charge in [-0.15, -0.1) is 0 Å². The summed E-state index contributed by atoms with van der Waals surface area (Å²) in [5, 5.41) is 3.14. The van der Waals surface area contributed by atoms with E-state index in [0.29, 0.717) is 25.2 Å². The molecule has 3 rings (SSSR count). The van der Waals surface area contributed by atoms with Crippen molar-refractivity contribution in [1.82, 2.24) is 4.90 Å². The molecule has 0 aliphatic carbocycles. The average molecular weight is 346 g/mol. The SMILES string of the molecule is CC1CCCCN1CCCN=C(N)Nc1ccc2c(c1)OCCCO2. The summed E-state index contributed by atoms with van der Waals surface area (Å²) in [5.41, 5.74) is 6.88. The lowest BCUT2D eigenvalue weighted by Crippen LogP contribution is -2.38. The van der Waals surface area contributed by atoms with Gasteiger partial charge in [0.15, 0.2) is 17.5 Å². The molecule has 0 spiro atoms. The second-order valence-corrected chi connectivity index (χ2v) is 6.84. The molecule has 1 aromatic carbocycles. The highest BCUT2D eigenvalue weighted by Crippen LogP contribution is 2.32. The third-order valence-corrected chi connectivity index (χ3v) is 4.85. The number of ether oxygens (including phenoxy) is 2. The minimum atomic E-state index is 0.446. The molecular weight excluding hydrogens is 316 g/mol. The standard InChI is InChI=1S/C19H30N4O2/c1-15-6-2-3-10-23(15)11-4-9-21-19(20)22-16-7-8-17-18(14-16)25-13-5-12-24-17/h7-8,14-15H,2-6,9-13H2,1H3,(H3,20,21,22). The monoisotopic (exact) mass is 346 g/mol. The molecule has 0 aromatic heterocycles. The van der Waals surface area contributed by atoms with Crippen LogP contribution in [0.4, 0.5) is 5.69 Å². The van der Waals surface area contributed by atoms with Gasteiger partial charge in [-0.3, -0.25) is 4.99 Å². The van der Waals surface area contributed by atoms with Crippen LogP contribution in [-0.4, -0.2) is 49.7 Å². The van der Waals surface area contributed by atoms with Crippen LogP contribution in [0.5, 0.6) is 11.5 Å². The fourth-order valence-electron chi connectivity index (χ4n) is 3.39. The second-order valence-electron chi connectivity index (χ2n) is 6.84. The summed E-state index contributed by atoms with van der Waals surface area (Å²) in [6, 6.07) is 6.47. The Bertz CT molecular complexity index is 591. The molecule has 1 atom stereocenters. The van der Waals surface area contributed by atoms with Gasteiger partial charge >= 0.3 is 0 Å². The van der Waals surface area contributed by atoms with Gasteiger partial charge < -0.3 is 25.4 Å². The van der Waals surface area contributed by atoms with Gasteiger partial charge in [0.25, 0.3) is 0 Å². The third-order valence-electron chi connectivity index (χ3n) is 4.85. The normalized spacial score (nSPS) is 21.6. The summed E-state index contributed by atoms with van der Waals surface area (Å²) in [6.45, 7) is 6.75. The lowest BCUT2D eigenvalue weighted by molar-refractivity contribution is 0.160. The highest BCUT2D eigenvalue weighted by Gasteiger charge is 2.17. The van der Waals surface area contributed by atoms with Crippen molar-refractivity contribution in [3.63, 3.8) is 0 Å². The predicted octanol–water partition coefficient (Wildman–Crippen LogP) is 2.84. The number of nitrogens with zero attached hydrogens (tertiary/aromatic N) is 2. The van der Waals surface area contributed by atoms with E-state index in [0.717, 1.165) is 43.1 Å². The zero-order valence-corrected chi connectivity index (χ0v) is 15.2. The molecule has 2 heterocycles. The highest BCUT2D eigenvalue weighted by molar-refractivity contribution is 5.92. The van der Waals surface area contributed by atoms with E-state index in [1.807, 2.05) is 18.2 Å². The number of aliphatic imine (C=N–C) groups is 1. The number of anilines is 1. The van der Waals surface area contributed by atoms with Crippen molar-refractivity contribution >= 4 is 11.6 Å². The number of hydrogen-bond donors (Lipinski definition) is 2. The molecule has 138 valence electrons. The molecule has 6 heteroatoms. The van der Waals surface area contributed by atoms with Crippen LogP contribution < -0.4 is 20.5 Å². The molecule has 1 unspecified atom stereocenters. The van der Waals surface area contributed by atoms with Gasteiger partial charge in [-0.1, -0.05) is 6.42 Å². The van der Waals surface area contributed by atoms with Gasteiger partial charge in [0.05, 0.1) is 13.2 Å². The summed E-state index contributed by atoms with van der Waals surface area (Å²) >= 11 is 0. The number of guanidine groups is 1. The van der Waals surface area contributed by atoms with Crippen molar-refractivity contribution in [3.05, 3.63) is 18.2 Å². The molecule has 1 saturated heterocycles. The summed E-state index contributed by atoms with van der Waals surface area (Å²) in [6.07, 6.45) is 5.94. The van der Waals surface area contributed by atoms with Crippen LogP contribution in [0.2, 0.25) is 0 Å². The Morgan fingerprint density at radius 3 is 2.92 bits per heavy atom. The largest absolute Gasteiger partial charge is 0.490 e. The Morgan fingerprint density at radius 2 is 2.08 bits per heavy atom. The maximum absolute atomic E-state index is 6.01. The smallest absolute Gasteiger partial charge is 0.193 e. The van der Waals surface area contributed by atoms with Gasteiger partial charge in [-0.2, -0.15) is 0 Å². The Labute approximate surface area is 150 Å². The van der Waals surface area contributed by atoms with Gasteiger partial charge in [-0.05, 0) is 44.9 Å². The zero-order valence-electron chi connectivity index (χ0n) is 15.2. The van der Waals surface area contributed by atoms with Crippen molar-refractivity contribution in [3.8, 4) is 11.5 Å². The topological polar surface area (TPSA) is 72.1 Å². The maximum Gasteiger partial charge on any atom is 0.193 e. The molecule has 1 aromatic rings. The number of nitrogens with two attached hydrogens (primary N) is 1. The number of piperidine rings is 1. The summed E-state index contributed by atoms with van der Waals surface area (Å²) in [4.78, 5) is 7.01. The van der Waals surface area contributed by atoms with Gasteiger partial charge in [0, 0.05) is 37.3 Å². The first-order chi connectivity index (χ1) is 12.2. The highest BCUT2D eigenvalue weighted by atomic mass is 16.5. The Kier molecular flexibility index (Phi) is 6.39. The average Bonchev–Trinajstić information content (AvgIpc) is 2.85. The van der Waals surface area contributed by atoms with E-state index < -0.39 is 0 Å². The van der Waals surface area contributed by atoms with Crippen LogP contribution >= 0.6 is 0 Å². The van der Waals surface area contributed by atoms with Gasteiger partial charge in [0.2, 0.25) is 0 Å². The summed E-state index contributed by atoms with van der Waals surface area (Å²) in [7, 11) is 0. The molecule has 0 bridgehead atoms. The van der Waals surface area contributed by atoms with Crippen LogP contribution in [0.3, 0.4) is 0 Å². The van der Waals surface area contributed by atoms with Crippen LogP contribution in [0.15, 0.2) is 23.2 Å². The molecule has 0 saturated carbocycles. The lowest BCUT2D eigenvalue weighted by Gasteiger charge is -2.33. The molecule has 1 fully saturated rings. The van der Waals surface area contributed by atoms with Crippen molar-refractivity contribution in [1.29, 1.82) is 0 Å². The van der Waals surface area contributed by atoms with Crippen LogP contribution in [-0.2, 0) is 0 Å². The fourth-order valence-corrected chi connectivity index (χ4v) is 3.39. The number of rotatable bonds is 5. The summed E-state index contributed by atoms with van der Waals surface area (Å²) < 4.78 is 11.3. The zero-order chi connectivity index (χ0) is 17.5. The van der Waals surface area contributed by atoms with E-state index in [1.54, 1.807) is 0 Å². The summed E-state index contributed by atoms with van der Waals surface area (Å²) in [5.74, 6) is 1.99. The minimum absolute atomic E-state index is 0.446. The van der Waals surface area contributed by atoms with Crippen molar-refractivity contribution in [2.45, 2.75) is 45.1 Å². The van der Waals surface area contributed by atoms with Gasteiger partial charge in [0.1, 0.15) is 0 Å². The van der Waals surface area contributed by atoms with Crippen molar-refractivity contribution in [2.24, 2.45) is 10.7 Å². The van der Waals surface area contributed by atoms with Crippen molar-refractivity contribution in [2.75, 3.05) is 38.2 Å². The molecule has 0 radical (unpaired) electrons. The maximum atomic E-state index is 6.01. The number of nitrogens with one attached hydrogen (secondary N) is 1. The van der Waals surface area contributed by atoms with Crippen molar-refractivity contribution < 1.29 is 9.47 Å². The minimum Gasteiger partial charge on any atom is -0.490 e. The molecular formula is C19H30N4O2. The van der Waals surface area contributed by atoms with E-state index in [2.05, 4.69) is 22.1 Å². The number of fused-ring (bicyclic) bond motifs is 1. The van der Waals surface area contributed by atoms with E-state index >= 15 is 0 Å². The van der Waals surface area contributed by atoms with E-state index in [1.165, 1.54) is 25.8 Å². The quantitative estimate of drug-likeness (QED) is 0.487. The van der Waals surface area contributed by atoms with E-state index in [4.69, 9.17) is 15.2 Å². The molecule has 6 nitrogen and oxygen atoms in total. The second kappa shape index (κ2) is 8.94. The van der Waals surface area contributed by atoms with Crippen LogP contribution in [0, 0.1) is 0 Å². The number of benzene rings is 1. The Hall–Kier alpha value is -1.95. The number of hydrogen-bond acceptors (Lipinski definition) is 4. The molecule has 3 N–H and O–H groups in total. The molecule has 25 heavy (non-hydrogen) atoms. The Balaban J connectivity index is 1.46. The first-order valence-electron chi connectivity index (χ1n) is 9.43. The predicted molar refractivity (Wildman–Crippen MR) is 102 cm³/mol. The third kappa shape index (κ3) is 5.26. The lowest BCUT2D eigenvalue weighted by atomic mass is 10.0.